The van der Waals surface area contributed by atoms with Gasteiger partial charge in [-0.2, -0.15) is 0 Å². The van der Waals surface area contributed by atoms with Crippen LogP contribution < -0.4 is 5.32 Å². The molecule has 0 aliphatic carbocycles. The van der Waals surface area contributed by atoms with Gasteiger partial charge in [-0.05, 0) is 6.42 Å². The summed E-state index contributed by atoms with van der Waals surface area (Å²) < 4.78 is 0. The van der Waals surface area contributed by atoms with E-state index in [2.05, 4.69) is 12.2 Å². The number of amides is 1. The predicted molar refractivity (Wildman–Crippen MR) is 98.0 cm³/mol. The Kier molecular flexibility index (Phi) is 26.6. The van der Waals surface area contributed by atoms with Crippen LogP contribution in [0.5, 0.6) is 0 Å². The van der Waals surface area contributed by atoms with Crippen molar-refractivity contribution in [3.05, 3.63) is 0 Å². The topological polar surface area (TPSA) is 104 Å². The zero-order chi connectivity index (χ0) is 16.8. The Morgan fingerprint density at radius 3 is 1.71 bits per heavy atom. The standard InChI is InChI=1S/C16H29NO5.2K.2H/c1-2-3-4-5-6-7-8-9-10-11-14(18)17-13(16(21)22)12-15(19)20;;;;/h13H,2-12H2,1H3,(H,17,18)(H,19,20)(H,21,22);;;;/t13-;;;;/m0..../s1. The predicted octanol–water partition coefficient (Wildman–Crippen LogP) is 1.65. The fourth-order valence-corrected chi connectivity index (χ4v) is 2.24. The number of unbranched alkanes of at least 4 members (excludes halogenated alkanes) is 8. The summed E-state index contributed by atoms with van der Waals surface area (Å²) in [7, 11) is 0. The van der Waals surface area contributed by atoms with Crippen molar-refractivity contribution in [2.75, 3.05) is 0 Å². The van der Waals surface area contributed by atoms with Gasteiger partial charge in [0.15, 0.2) is 0 Å². The van der Waals surface area contributed by atoms with Gasteiger partial charge in [0, 0.05) is 6.42 Å². The molecule has 0 saturated heterocycles. The van der Waals surface area contributed by atoms with E-state index in [1.165, 1.54) is 38.5 Å². The van der Waals surface area contributed by atoms with Crippen molar-refractivity contribution in [3.8, 4) is 0 Å². The minimum atomic E-state index is -1.34. The van der Waals surface area contributed by atoms with Gasteiger partial charge < -0.3 is 15.5 Å². The molecule has 1 amide bonds. The monoisotopic (exact) mass is 395 g/mol. The van der Waals surface area contributed by atoms with Crippen molar-refractivity contribution in [1.29, 1.82) is 0 Å². The van der Waals surface area contributed by atoms with Crippen molar-refractivity contribution in [2.24, 2.45) is 0 Å². The van der Waals surface area contributed by atoms with Gasteiger partial charge in [-0.15, -0.1) is 0 Å². The van der Waals surface area contributed by atoms with Crippen molar-refractivity contribution >= 4 is 121 Å². The molecule has 24 heavy (non-hydrogen) atoms. The molecule has 0 fully saturated rings. The van der Waals surface area contributed by atoms with E-state index in [1.807, 2.05) is 0 Å². The molecule has 3 N–H and O–H groups in total. The summed E-state index contributed by atoms with van der Waals surface area (Å²) in [5, 5.41) is 19.7. The molecule has 8 heteroatoms. The van der Waals surface area contributed by atoms with Gasteiger partial charge in [0.05, 0.1) is 6.42 Å². The fraction of sp³-hybridized carbons (Fsp3) is 0.812. The third-order valence-electron chi connectivity index (χ3n) is 3.52. The van der Waals surface area contributed by atoms with Crippen molar-refractivity contribution in [3.63, 3.8) is 0 Å². The minimum absolute atomic E-state index is 0. The second-order valence-corrected chi connectivity index (χ2v) is 5.63. The normalized spacial score (nSPS) is 10.9. The number of carbonyl (C=O) groups excluding carboxylic acids is 1. The second-order valence-electron chi connectivity index (χ2n) is 5.63. The summed E-state index contributed by atoms with van der Waals surface area (Å²) in [5.74, 6) is -2.95. The molecule has 132 valence electrons. The van der Waals surface area contributed by atoms with Crippen molar-refractivity contribution < 1.29 is 24.6 Å². The van der Waals surface area contributed by atoms with Crippen LogP contribution in [0.4, 0.5) is 0 Å². The molecule has 0 heterocycles. The molecule has 6 nitrogen and oxygen atoms in total. The summed E-state index contributed by atoms with van der Waals surface area (Å²) in [6.07, 6.45) is 9.87. The van der Waals surface area contributed by atoms with E-state index in [1.54, 1.807) is 0 Å². The number of hydrogen-bond donors (Lipinski definition) is 3. The third-order valence-corrected chi connectivity index (χ3v) is 3.52. The molecule has 0 bridgehead atoms. The number of carboxylic acid groups (broad SMARTS) is 2. The summed E-state index contributed by atoms with van der Waals surface area (Å²) >= 11 is 0. The quantitative estimate of drug-likeness (QED) is 0.306. The summed E-state index contributed by atoms with van der Waals surface area (Å²) in [6, 6.07) is -1.34. The Labute approximate surface area is 230 Å². The SMILES string of the molecule is CCCCCCCCCCCC(=O)N[C@@H](CC(=O)O)C(=O)O.[KH].[KH]. The van der Waals surface area contributed by atoms with Gasteiger partial charge in [0.1, 0.15) is 6.04 Å². The first kappa shape index (κ1) is 30.4. The van der Waals surface area contributed by atoms with Crippen LogP contribution in [0.15, 0.2) is 0 Å². The molecule has 0 aromatic heterocycles. The van der Waals surface area contributed by atoms with E-state index in [4.69, 9.17) is 10.2 Å². The number of carbonyl (C=O) groups is 3. The first-order valence-electron chi connectivity index (χ1n) is 8.21. The average molecular weight is 396 g/mol. The van der Waals surface area contributed by atoms with Crippen LogP contribution >= 0.6 is 0 Å². The molecule has 0 aliphatic rings. The summed E-state index contributed by atoms with van der Waals surface area (Å²) in [5.41, 5.74) is 0. The molecule has 0 radical (unpaired) electrons. The van der Waals surface area contributed by atoms with Crippen LogP contribution in [0.3, 0.4) is 0 Å². The van der Waals surface area contributed by atoms with Crippen LogP contribution in [0, 0.1) is 0 Å². The molecular formula is C16H31K2NO5. The van der Waals surface area contributed by atoms with Crippen LogP contribution in [0.1, 0.15) is 77.6 Å². The first-order valence-corrected chi connectivity index (χ1v) is 8.21. The van der Waals surface area contributed by atoms with Crippen LogP contribution in [0.25, 0.3) is 0 Å². The molecule has 0 unspecified atom stereocenters. The van der Waals surface area contributed by atoms with E-state index in [-0.39, 0.29) is 109 Å². The van der Waals surface area contributed by atoms with Crippen LogP contribution in [-0.4, -0.2) is 137 Å². The summed E-state index contributed by atoms with van der Waals surface area (Å²) in [6.45, 7) is 2.19. The Morgan fingerprint density at radius 1 is 0.833 bits per heavy atom. The van der Waals surface area contributed by atoms with Gasteiger partial charge in [-0.25, -0.2) is 4.79 Å². The maximum absolute atomic E-state index is 11.6. The number of carboxylic acids is 2. The molecule has 0 aliphatic heterocycles. The molecule has 0 saturated carbocycles. The van der Waals surface area contributed by atoms with Gasteiger partial charge in [0.2, 0.25) is 5.91 Å². The Bertz CT molecular complexity index is 353. The molecular weight excluding hydrogens is 364 g/mol. The van der Waals surface area contributed by atoms with E-state index >= 15 is 0 Å². The van der Waals surface area contributed by atoms with Gasteiger partial charge in [-0.3, -0.25) is 9.59 Å². The number of nitrogens with one attached hydrogen (secondary N) is 1. The van der Waals surface area contributed by atoms with E-state index in [9.17, 15) is 14.4 Å². The van der Waals surface area contributed by atoms with Crippen LogP contribution in [-0.2, 0) is 14.4 Å². The van der Waals surface area contributed by atoms with Crippen molar-refractivity contribution in [2.45, 2.75) is 83.6 Å². The number of hydrogen-bond acceptors (Lipinski definition) is 3. The third kappa shape index (κ3) is 20.0. The van der Waals surface area contributed by atoms with E-state index in [0.717, 1.165) is 12.8 Å². The zero-order valence-electron chi connectivity index (χ0n) is 13.5. The molecule has 0 spiro atoms. The van der Waals surface area contributed by atoms with Crippen LogP contribution in [0.2, 0.25) is 0 Å². The Hall–Kier alpha value is 1.68. The first-order chi connectivity index (χ1) is 10.5. The average Bonchev–Trinajstić information content (AvgIpc) is 2.44. The van der Waals surface area contributed by atoms with Gasteiger partial charge >= 0.3 is 115 Å². The van der Waals surface area contributed by atoms with E-state index in [0.29, 0.717) is 6.42 Å². The summed E-state index contributed by atoms with van der Waals surface area (Å²) in [4.78, 5) is 32.9. The van der Waals surface area contributed by atoms with Gasteiger partial charge in [-0.1, -0.05) is 58.3 Å². The molecule has 0 aromatic carbocycles. The van der Waals surface area contributed by atoms with E-state index < -0.39 is 30.3 Å². The second kappa shape index (κ2) is 21.0. The Balaban J connectivity index is -0.00000220. The van der Waals surface area contributed by atoms with Crippen molar-refractivity contribution in [1.82, 2.24) is 5.32 Å². The zero-order valence-corrected chi connectivity index (χ0v) is 13.5. The molecule has 0 aromatic rings. The molecule has 0 rings (SSSR count). The number of rotatable bonds is 14. The fourth-order valence-electron chi connectivity index (χ4n) is 2.24. The Morgan fingerprint density at radius 2 is 1.29 bits per heavy atom. The molecule has 1 atom stereocenters. The van der Waals surface area contributed by atoms with Gasteiger partial charge in [0.25, 0.3) is 0 Å². The maximum atomic E-state index is 11.6. The number of aliphatic carboxylic acids is 2.